The van der Waals surface area contributed by atoms with Crippen molar-refractivity contribution in [2.75, 3.05) is 4.90 Å². The van der Waals surface area contributed by atoms with Gasteiger partial charge in [0, 0.05) is 33.4 Å². The largest absolute Gasteiger partial charge is 0.436 e. The predicted octanol–water partition coefficient (Wildman–Crippen LogP) is 13.8. The highest BCUT2D eigenvalue weighted by molar-refractivity contribution is 6.09. The molecule has 1 aliphatic carbocycles. The van der Waals surface area contributed by atoms with Crippen LogP contribution in [0.5, 0.6) is 0 Å². The Morgan fingerprint density at radius 2 is 1.02 bits per heavy atom. The molecule has 0 saturated heterocycles. The van der Waals surface area contributed by atoms with Gasteiger partial charge in [0.1, 0.15) is 5.52 Å². The Morgan fingerprint density at radius 1 is 0.434 bits per heavy atom. The van der Waals surface area contributed by atoms with Crippen molar-refractivity contribution in [3.63, 3.8) is 0 Å². The van der Waals surface area contributed by atoms with Crippen LogP contribution >= 0.6 is 0 Å². The molecular formula is C50H36N2O. The first kappa shape index (κ1) is 31.1. The van der Waals surface area contributed by atoms with Crippen LogP contribution < -0.4 is 4.90 Å². The fraction of sp³-hybridized carbons (Fsp3) is 0.0600. The molecule has 0 unspecified atom stereocenters. The van der Waals surface area contributed by atoms with E-state index in [1.54, 1.807) is 0 Å². The molecule has 9 aromatic rings. The Hall–Kier alpha value is -6.71. The van der Waals surface area contributed by atoms with Crippen LogP contribution in [0.3, 0.4) is 0 Å². The molecule has 0 fully saturated rings. The molecule has 0 aliphatic heterocycles. The van der Waals surface area contributed by atoms with Gasteiger partial charge in [-0.05, 0) is 111 Å². The molecule has 53 heavy (non-hydrogen) atoms. The summed E-state index contributed by atoms with van der Waals surface area (Å²) in [6.45, 7) is 4.67. The highest BCUT2D eigenvalue weighted by Crippen LogP contribution is 2.50. The van der Waals surface area contributed by atoms with Gasteiger partial charge >= 0.3 is 0 Å². The van der Waals surface area contributed by atoms with Crippen molar-refractivity contribution in [1.82, 2.24) is 4.98 Å². The summed E-state index contributed by atoms with van der Waals surface area (Å²) in [7, 11) is 0. The van der Waals surface area contributed by atoms with Gasteiger partial charge in [0.05, 0.1) is 0 Å². The van der Waals surface area contributed by atoms with E-state index in [2.05, 4.69) is 164 Å². The second kappa shape index (κ2) is 12.2. The first-order chi connectivity index (χ1) is 26.0. The van der Waals surface area contributed by atoms with Crippen molar-refractivity contribution < 1.29 is 4.42 Å². The van der Waals surface area contributed by atoms with E-state index in [1.807, 2.05) is 36.4 Å². The van der Waals surface area contributed by atoms with Crippen LogP contribution in [0.2, 0.25) is 0 Å². The van der Waals surface area contributed by atoms with Gasteiger partial charge in [0.25, 0.3) is 0 Å². The van der Waals surface area contributed by atoms with Gasteiger partial charge in [-0.2, -0.15) is 0 Å². The summed E-state index contributed by atoms with van der Waals surface area (Å²) in [5.41, 5.74) is 16.0. The maximum atomic E-state index is 6.21. The molecule has 1 aromatic heterocycles. The topological polar surface area (TPSA) is 29.3 Å². The van der Waals surface area contributed by atoms with E-state index in [1.165, 1.54) is 33.4 Å². The van der Waals surface area contributed by atoms with Crippen molar-refractivity contribution in [2.24, 2.45) is 0 Å². The normalized spacial score (nSPS) is 12.9. The van der Waals surface area contributed by atoms with Gasteiger partial charge in [-0.25, -0.2) is 4.98 Å². The van der Waals surface area contributed by atoms with Gasteiger partial charge in [-0.1, -0.05) is 135 Å². The number of aromatic nitrogens is 1. The lowest BCUT2D eigenvalue weighted by atomic mass is 9.82. The highest BCUT2D eigenvalue weighted by Gasteiger charge is 2.35. The smallest absolute Gasteiger partial charge is 0.227 e. The molecule has 3 nitrogen and oxygen atoms in total. The molecule has 0 amide bonds. The number of benzene rings is 8. The molecular weight excluding hydrogens is 645 g/mol. The average molecular weight is 681 g/mol. The van der Waals surface area contributed by atoms with Crippen LogP contribution in [0, 0.1) is 0 Å². The lowest BCUT2D eigenvalue weighted by Crippen LogP contribution is -2.15. The molecule has 252 valence electrons. The minimum atomic E-state index is -0.0482. The van der Waals surface area contributed by atoms with Crippen molar-refractivity contribution >= 4 is 38.9 Å². The van der Waals surface area contributed by atoms with Gasteiger partial charge in [-0.15, -0.1) is 0 Å². The van der Waals surface area contributed by atoms with Crippen LogP contribution in [0.25, 0.3) is 66.7 Å². The van der Waals surface area contributed by atoms with E-state index >= 15 is 0 Å². The molecule has 1 aliphatic rings. The number of rotatable bonds is 6. The summed E-state index contributed by atoms with van der Waals surface area (Å²) in [4.78, 5) is 7.33. The number of fused-ring (bicyclic) bond motifs is 6. The van der Waals surface area contributed by atoms with Crippen molar-refractivity contribution in [3.8, 4) is 44.8 Å². The lowest BCUT2D eigenvalue weighted by molar-refractivity contribution is 0.620. The molecule has 0 bridgehead atoms. The summed E-state index contributed by atoms with van der Waals surface area (Å²) >= 11 is 0. The Kier molecular flexibility index (Phi) is 7.16. The van der Waals surface area contributed by atoms with E-state index in [4.69, 9.17) is 9.40 Å². The molecule has 0 atom stereocenters. The van der Waals surface area contributed by atoms with Gasteiger partial charge in [-0.3, -0.25) is 0 Å². The van der Waals surface area contributed by atoms with E-state index in [-0.39, 0.29) is 5.41 Å². The molecule has 0 radical (unpaired) electrons. The van der Waals surface area contributed by atoms with E-state index in [0.29, 0.717) is 5.89 Å². The zero-order valence-electron chi connectivity index (χ0n) is 29.6. The summed E-state index contributed by atoms with van der Waals surface area (Å²) in [6.07, 6.45) is 0. The first-order valence-electron chi connectivity index (χ1n) is 18.2. The highest BCUT2D eigenvalue weighted by atomic mass is 16.3. The third-order valence-electron chi connectivity index (χ3n) is 10.9. The third-order valence-corrected chi connectivity index (χ3v) is 10.9. The Labute approximate surface area is 309 Å². The number of anilines is 3. The molecule has 0 spiro atoms. The summed E-state index contributed by atoms with van der Waals surface area (Å²) in [6, 6.07) is 65.0. The van der Waals surface area contributed by atoms with Crippen LogP contribution in [0.1, 0.15) is 25.0 Å². The monoisotopic (exact) mass is 680 g/mol. The fourth-order valence-electron chi connectivity index (χ4n) is 8.22. The third kappa shape index (κ3) is 5.16. The van der Waals surface area contributed by atoms with E-state index in [0.717, 1.165) is 55.6 Å². The predicted molar refractivity (Wildman–Crippen MR) is 220 cm³/mol. The number of nitrogens with zero attached hydrogens (tertiary/aromatic N) is 2. The minimum Gasteiger partial charge on any atom is -0.436 e. The van der Waals surface area contributed by atoms with Gasteiger partial charge < -0.3 is 9.32 Å². The van der Waals surface area contributed by atoms with Crippen LogP contribution in [0.15, 0.2) is 186 Å². The second-order valence-electron chi connectivity index (χ2n) is 14.4. The van der Waals surface area contributed by atoms with E-state index in [9.17, 15) is 0 Å². The Morgan fingerprint density at radius 3 is 1.75 bits per heavy atom. The van der Waals surface area contributed by atoms with Gasteiger partial charge in [0.15, 0.2) is 5.58 Å². The van der Waals surface area contributed by atoms with Crippen molar-refractivity contribution in [1.29, 1.82) is 0 Å². The minimum absolute atomic E-state index is 0.0482. The molecule has 8 aromatic carbocycles. The van der Waals surface area contributed by atoms with Crippen molar-refractivity contribution in [3.05, 3.63) is 193 Å². The molecule has 3 heteroatoms. The number of hydrogen-bond acceptors (Lipinski definition) is 3. The summed E-state index contributed by atoms with van der Waals surface area (Å²) in [5.74, 6) is 0.637. The number of hydrogen-bond donors (Lipinski definition) is 0. The SMILES string of the molecule is CC1(C)c2ccccc2-c2cc(N(c3ccc(-c4ccccc4)cc3)c3ccc(-c4cccc5c4ccc4oc(-c6ccccc6)nc45)cc3)ccc21. The maximum absolute atomic E-state index is 6.21. The molecule has 10 rings (SSSR count). The average Bonchev–Trinajstić information content (AvgIpc) is 3.76. The zero-order valence-corrected chi connectivity index (χ0v) is 29.6. The lowest BCUT2D eigenvalue weighted by Gasteiger charge is -2.27. The van der Waals surface area contributed by atoms with E-state index < -0.39 is 0 Å². The second-order valence-corrected chi connectivity index (χ2v) is 14.4. The van der Waals surface area contributed by atoms with Crippen LogP contribution in [0.4, 0.5) is 17.1 Å². The quantitative estimate of drug-likeness (QED) is 0.175. The number of oxazole rings is 1. The first-order valence-corrected chi connectivity index (χ1v) is 18.2. The fourth-order valence-corrected chi connectivity index (χ4v) is 8.22. The summed E-state index contributed by atoms with van der Waals surface area (Å²) in [5, 5.41) is 2.23. The molecule has 0 saturated carbocycles. The van der Waals surface area contributed by atoms with Gasteiger partial charge in [0.2, 0.25) is 5.89 Å². The maximum Gasteiger partial charge on any atom is 0.227 e. The molecule has 0 N–H and O–H groups in total. The standard InChI is InChI=1S/C50H36N2O/c1-50(2)45-19-10-9-16-42(45)44-32-39(28-30-46(44)50)52(37-24-20-34(21-25-37)33-12-5-3-6-13-33)38-26-22-35(23-27-38)40-17-11-18-43-41(40)29-31-47-48(43)51-49(53-47)36-14-7-4-8-15-36/h3-32H,1-2H3. The Balaban J connectivity index is 1.07. The van der Waals surface area contributed by atoms with Crippen LogP contribution in [-0.2, 0) is 5.41 Å². The molecule has 1 heterocycles. The Bertz CT molecular complexity index is 2780. The zero-order chi connectivity index (χ0) is 35.5. The van der Waals surface area contributed by atoms with Crippen molar-refractivity contribution in [2.45, 2.75) is 19.3 Å². The summed E-state index contributed by atoms with van der Waals surface area (Å²) < 4.78 is 6.21. The van der Waals surface area contributed by atoms with Crippen LogP contribution in [-0.4, -0.2) is 4.98 Å².